The number of aliphatic carboxylic acids is 1. The number of hydrogen-bond acceptors (Lipinski definition) is 5. The van der Waals surface area contributed by atoms with Crippen LogP contribution in [0.15, 0.2) is 9.98 Å². The number of carbonyl (C=O) groups excluding carboxylic acids is 2. The maximum atomic E-state index is 10.4. The van der Waals surface area contributed by atoms with Gasteiger partial charge < -0.3 is 5.11 Å². The fourth-order valence-corrected chi connectivity index (χ4v) is 4.04. The first kappa shape index (κ1) is 28.2. The van der Waals surface area contributed by atoms with Crippen LogP contribution in [0.25, 0.3) is 0 Å². The van der Waals surface area contributed by atoms with Gasteiger partial charge in [-0.05, 0) is 42.9 Å². The van der Waals surface area contributed by atoms with E-state index in [4.69, 9.17) is 5.11 Å². The number of unbranched alkanes of at least 4 members (excludes halogenated alkanes) is 1. The number of nitrogens with zero attached hydrogens (tertiary/aromatic N) is 2. The number of rotatable bonds is 8. The van der Waals surface area contributed by atoms with Crippen molar-refractivity contribution in [2.24, 2.45) is 26.7 Å². The number of aliphatic imine (C=N–C) groups is 2. The van der Waals surface area contributed by atoms with E-state index in [1.54, 1.807) is 12.2 Å². The molecule has 0 saturated heterocycles. The third-order valence-electron chi connectivity index (χ3n) is 4.93. The fraction of sp³-hybridized carbons (Fsp3) is 0.850. The van der Waals surface area contributed by atoms with Crippen LogP contribution in [-0.2, 0) is 14.4 Å². The fourth-order valence-electron chi connectivity index (χ4n) is 4.04. The molecule has 0 aromatic rings. The van der Waals surface area contributed by atoms with Crippen LogP contribution in [0.3, 0.4) is 0 Å². The Morgan fingerprint density at radius 2 is 1.81 bits per heavy atom. The molecule has 0 aliphatic heterocycles. The Hall–Kier alpha value is -0.971. The van der Waals surface area contributed by atoms with Crippen molar-refractivity contribution in [2.45, 2.75) is 85.6 Å². The van der Waals surface area contributed by atoms with Crippen LogP contribution in [0.4, 0.5) is 0 Å². The van der Waals surface area contributed by atoms with Gasteiger partial charge in [0.25, 0.3) is 0 Å². The Bertz CT molecular complexity index is 540. The van der Waals surface area contributed by atoms with Crippen molar-refractivity contribution in [3.8, 4) is 0 Å². The second kappa shape index (κ2) is 14.1. The molecule has 3 unspecified atom stereocenters. The zero-order valence-electron chi connectivity index (χ0n) is 17.6. The molecule has 3 atom stereocenters. The van der Waals surface area contributed by atoms with E-state index in [0.29, 0.717) is 6.54 Å². The summed E-state index contributed by atoms with van der Waals surface area (Å²) in [5.41, 5.74) is 0.0561. The summed E-state index contributed by atoms with van der Waals surface area (Å²) in [6.07, 6.45) is 9.59. The Morgan fingerprint density at radius 3 is 2.26 bits per heavy atom. The van der Waals surface area contributed by atoms with Crippen molar-refractivity contribution in [3.63, 3.8) is 0 Å². The molecular formula is C20H36N2O4Sn. The van der Waals surface area contributed by atoms with Gasteiger partial charge in [0.15, 0.2) is 0 Å². The summed E-state index contributed by atoms with van der Waals surface area (Å²) in [6, 6.07) is 0.00750. The molecule has 0 aromatic carbocycles. The van der Waals surface area contributed by atoms with Gasteiger partial charge in [-0.15, -0.1) is 0 Å². The molecule has 2 radical (unpaired) electrons. The molecular weight excluding hydrogens is 451 g/mol. The maximum absolute atomic E-state index is 10.4. The first-order chi connectivity index (χ1) is 12.1. The third kappa shape index (κ3) is 12.2. The molecule has 6 nitrogen and oxygen atoms in total. The normalized spacial score (nSPS) is 24.0. The molecule has 27 heavy (non-hydrogen) atoms. The van der Waals surface area contributed by atoms with Gasteiger partial charge in [0.2, 0.25) is 12.2 Å². The molecule has 1 N–H and O–H groups in total. The van der Waals surface area contributed by atoms with Gasteiger partial charge >= 0.3 is 29.9 Å². The van der Waals surface area contributed by atoms with Gasteiger partial charge in [0.1, 0.15) is 0 Å². The van der Waals surface area contributed by atoms with E-state index < -0.39 is 5.97 Å². The third-order valence-corrected chi connectivity index (χ3v) is 4.93. The van der Waals surface area contributed by atoms with Crippen molar-refractivity contribution >= 4 is 42.0 Å². The molecule has 1 saturated carbocycles. The van der Waals surface area contributed by atoms with E-state index >= 15 is 0 Å². The van der Waals surface area contributed by atoms with Crippen LogP contribution in [0.2, 0.25) is 0 Å². The molecule has 0 amide bonds. The first-order valence-electron chi connectivity index (χ1n) is 9.46. The van der Waals surface area contributed by atoms with Crippen molar-refractivity contribution in [3.05, 3.63) is 0 Å². The Kier molecular flexibility index (Phi) is 14.7. The second-order valence-corrected chi connectivity index (χ2v) is 8.43. The molecule has 1 aliphatic carbocycles. The van der Waals surface area contributed by atoms with E-state index in [1.807, 2.05) is 6.92 Å². The van der Waals surface area contributed by atoms with Crippen molar-refractivity contribution in [2.75, 3.05) is 6.54 Å². The van der Waals surface area contributed by atoms with Crippen LogP contribution in [0, 0.1) is 16.7 Å². The predicted molar refractivity (Wildman–Crippen MR) is 110 cm³/mol. The summed E-state index contributed by atoms with van der Waals surface area (Å²) in [5, 5.41) is 8.60. The van der Waals surface area contributed by atoms with Gasteiger partial charge in [-0.2, -0.15) is 0 Å². The molecule has 0 bridgehead atoms. The average Bonchev–Trinajstić information content (AvgIpc) is 2.52. The van der Waals surface area contributed by atoms with Crippen LogP contribution < -0.4 is 0 Å². The van der Waals surface area contributed by atoms with Gasteiger partial charge in [0, 0.05) is 0 Å². The molecule has 1 rings (SSSR count). The van der Waals surface area contributed by atoms with Crippen molar-refractivity contribution in [1.29, 1.82) is 0 Å². The number of hydrogen-bond donors (Lipinski definition) is 1. The number of carboxylic acids is 1. The predicted octanol–water partition coefficient (Wildman–Crippen LogP) is 3.61. The van der Waals surface area contributed by atoms with E-state index in [1.165, 1.54) is 0 Å². The monoisotopic (exact) mass is 488 g/mol. The average molecular weight is 487 g/mol. The van der Waals surface area contributed by atoms with Crippen LogP contribution >= 0.6 is 0 Å². The first-order valence-corrected chi connectivity index (χ1v) is 9.46. The molecule has 0 aromatic heterocycles. The van der Waals surface area contributed by atoms with Crippen LogP contribution in [0.5, 0.6) is 0 Å². The molecule has 154 valence electrons. The number of carboxylic acid groups (broad SMARTS) is 1. The number of isocyanates is 2. The van der Waals surface area contributed by atoms with Crippen molar-refractivity contribution in [1.82, 2.24) is 0 Å². The minimum absolute atomic E-state index is 0. The summed E-state index contributed by atoms with van der Waals surface area (Å²) in [5.74, 6) is -0.754. The summed E-state index contributed by atoms with van der Waals surface area (Å²) >= 11 is 0. The summed E-state index contributed by atoms with van der Waals surface area (Å²) in [7, 11) is 0. The SMILES string of the molecule is CC1(C)CC(N=C=O)CC(C)(CN=C=O)C1.CCCCC(CC)C(=O)O.[SnH2]. The Balaban J connectivity index is 0. The van der Waals surface area contributed by atoms with Gasteiger partial charge in [-0.3, -0.25) is 4.79 Å². The van der Waals surface area contributed by atoms with Gasteiger partial charge in [-0.25, -0.2) is 19.6 Å². The van der Waals surface area contributed by atoms with Crippen LogP contribution in [-0.4, -0.2) is 59.7 Å². The molecule has 0 heterocycles. The molecule has 1 aliphatic rings. The summed E-state index contributed by atoms with van der Waals surface area (Å²) in [6.45, 7) is 10.9. The van der Waals surface area contributed by atoms with E-state index in [2.05, 4.69) is 37.7 Å². The second-order valence-electron chi connectivity index (χ2n) is 8.43. The Labute approximate surface area is 180 Å². The minimum atomic E-state index is -0.643. The standard InChI is InChI=1S/C12H18N2O2.C8H16O2.Sn.2H/c1-11(2)4-10(14-9-16)5-12(3,6-11)7-13-8-15;1-3-5-6-7(4-2)8(9)10;;;/h10H,4-7H2,1-3H3;7H,3-6H2,1-2H3,(H,9,10);;;. The van der Waals surface area contributed by atoms with E-state index in [9.17, 15) is 14.4 Å². The quantitative estimate of drug-likeness (QED) is 0.322. The summed E-state index contributed by atoms with van der Waals surface area (Å²) in [4.78, 5) is 38.5. The van der Waals surface area contributed by atoms with E-state index in [-0.39, 0.29) is 46.7 Å². The zero-order chi connectivity index (χ0) is 20.2. The molecule has 7 heteroatoms. The molecule has 1 fully saturated rings. The van der Waals surface area contributed by atoms with Gasteiger partial charge in [-0.1, -0.05) is 47.5 Å². The molecule has 0 spiro atoms. The van der Waals surface area contributed by atoms with Crippen LogP contribution in [0.1, 0.15) is 79.6 Å². The topological polar surface area (TPSA) is 96.2 Å². The number of carbonyl (C=O) groups is 1. The zero-order valence-corrected chi connectivity index (χ0v) is 21.6. The van der Waals surface area contributed by atoms with Crippen molar-refractivity contribution < 1.29 is 19.5 Å². The Morgan fingerprint density at radius 1 is 1.19 bits per heavy atom. The van der Waals surface area contributed by atoms with E-state index in [0.717, 1.165) is 44.9 Å². The summed E-state index contributed by atoms with van der Waals surface area (Å²) < 4.78 is 0. The van der Waals surface area contributed by atoms with Gasteiger partial charge in [0.05, 0.1) is 18.5 Å².